The lowest BCUT2D eigenvalue weighted by molar-refractivity contribution is -0.390. The van der Waals surface area contributed by atoms with Crippen molar-refractivity contribution in [2.24, 2.45) is 0 Å². The second-order valence-electron chi connectivity index (χ2n) is 5.96. The van der Waals surface area contributed by atoms with E-state index in [4.69, 9.17) is 5.11 Å². The zero-order chi connectivity index (χ0) is 19.1. The predicted octanol–water partition coefficient (Wildman–Crippen LogP) is 3.94. The van der Waals surface area contributed by atoms with Gasteiger partial charge in [-0.3, -0.25) is 4.90 Å². The van der Waals surface area contributed by atoms with Crippen molar-refractivity contribution in [3.63, 3.8) is 0 Å². The van der Waals surface area contributed by atoms with Crippen molar-refractivity contribution in [1.29, 1.82) is 0 Å². The topological polar surface area (TPSA) is 35.5 Å². The molecule has 0 heterocycles. The Morgan fingerprint density at radius 1 is 1.00 bits per heavy atom. The van der Waals surface area contributed by atoms with E-state index in [1.807, 2.05) is 0 Å². The SMILES string of the molecule is Cc1cc(C(F)(F)C(O)(F)C(F)(F)F)cc(C)c1NC(C)N(C)C. The van der Waals surface area contributed by atoms with Crippen LogP contribution in [0.4, 0.5) is 32.0 Å². The maximum atomic E-state index is 13.9. The summed E-state index contributed by atoms with van der Waals surface area (Å²) >= 11 is 0. The van der Waals surface area contributed by atoms with E-state index in [0.29, 0.717) is 5.69 Å². The highest BCUT2D eigenvalue weighted by Crippen LogP contribution is 2.49. The van der Waals surface area contributed by atoms with Gasteiger partial charge in [0.15, 0.2) is 0 Å². The Balaban J connectivity index is 3.34. The van der Waals surface area contributed by atoms with Crippen molar-refractivity contribution in [1.82, 2.24) is 4.90 Å². The van der Waals surface area contributed by atoms with E-state index in [1.54, 1.807) is 25.9 Å². The highest BCUT2D eigenvalue weighted by molar-refractivity contribution is 5.59. The molecule has 0 aliphatic heterocycles. The summed E-state index contributed by atoms with van der Waals surface area (Å²) in [5, 5.41) is 11.8. The Morgan fingerprint density at radius 2 is 1.42 bits per heavy atom. The fourth-order valence-electron chi connectivity index (χ4n) is 2.08. The van der Waals surface area contributed by atoms with E-state index >= 15 is 0 Å². The van der Waals surface area contributed by atoms with Gasteiger partial charge in [0.05, 0.1) is 6.17 Å². The third kappa shape index (κ3) is 3.61. The third-order valence-electron chi connectivity index (χ3n) is 3.81. The summed E-state index contributed by atoms with van der Waals surface area (Å²) < 4.78 is 78.6. The first-order valence-electron chi connectivity index (χ1n) is 7.03. The minimum Gasteiger partial charge on any atom is -0.369 e. The molecule has 2 unspecified atom stereocenters. The van der Waals surface area contributed by atoms with Crippen molar-refractivity contribution in [3.05, 3.63) is 28.8 Å². The largest absolute Gasteiger partial charge is 0.455 e. The van der Waals surface area contributed by atoms with Crippen LogP contribution < -0.4 is 5.32 Å². The first-order chi connectivity index (χ1) is 10.6. The van der Waals surface area contributed by atoms with Crippen molar-refractivity contribution in [2.45, 2.75) is 44.9 Å². The lowest BCUT2D eigenvalue weighted by Gasteiger charge is -2.31. The molecule has 0 fully saturated rings. The predicted molar refractivity (Wildman–Crippen MR) is 78.7 cm³/mol. The number of benzene rings is 1. The number of hydrogen-bond donors (Lipinski definition) is 2. The van der Waals surface area contributed by atoms with E-state index in [2.05, 4.69) is 5.32 Å². The lowest BCUT2D eigenvalue weighted by atomic mass is 9.95. The number of anilines is 1. The van der Waals surface area contributed by atoms with Crippen LogP contribution >= 0.6 is 0 Å². The Morgan fingerprint density at radius 3 is 1.75 bits per heavy atom. The molecule has 1 rings (SSSR count). The van der Waals surface area contributed by atoms with Crippen LogP contribution in [0.15, 0.2) is 12.1 Å². The molecule has 0 spiro atoms. The maximum absolute atomic E-state index is 13.9. The standard InChI is InChI=1S/C15H20F6N2O/c1-8-6-11(13(16,17)14(18,24)15(19,20)21)7-9(2)12(8)22-10(3)23(4)5/h6-7,10,22,24H,1-5H3. The van der Waals surface area contributed by atoms with Crippen LogP contribution in [-0.4, -0.2) is 42.3 Å². The fourth-order valence-corrected chi connectivity index (χ4v) is 2.08. The van der Waals surface area contributed by atoms with Crippen molar-refractivity contribution in [2.75, 3.05) is 19.4 Å². The van der Waals surface area contributed by atoms with E-state index in [9.17, 15) is 26.3 Å². The molecule has 0 bridgehead atoms. The Labute approximate surface area is 136 Å². The lowest BCUT2D eigenvalue weighted by Crippen LogP contribution is -2.53. The number of nitrogens with one attached hydrogen (secondary N) is 1. The van der Waals surface area contributed by atoms with E-state index in [1.165, 1.54) is 13.8 Å². The molecule has 2 N–H and O–H groups in total. The molecule has 3 nitrogen and oxygen atoms in total. The Hall–Kier alpha value is -1.48. The van der Waals surface area contributed by atoms with Gasteiger partial charge in [0, 0.05) is 11.3 Å². The molecule has 0 aliphatic carbocycles. The molecule has 2 atom stereocenters. The van der Waals surface area contributed by atoms with Gasteiger partial charge in [0.2, 0.25) is 0 Å². The minimum absolute atomic E-state index is 0.179. The first-order valence-corrected chi connectivity index (χ1v) is 7.03. The second kappa shape index (κ2) is 6.44. The number of rotatable bonds is 5. The van der Waals surface area contributed by atoms with Crippen molar-refractivity contribution >= 4 is 5.69 Å². The molecule has 0 saturated carbocycles. The molecular formula is C15H20F6N2O. The summed E-state index contributed by atoms with van der Waals surface area (Å²) in [6.07, 6.45) is -6.31. The van der Waals surface area contributed by atoms with Gasteiger partial charge in [-0.05, 0) is 58.1 Å². The van der Waals surface area contributed by atoms with Gasteiger partial charge >= 0.3 is 18.0 Å². The summed E-state index contributed by atoms with van der Waals surface area (Å²) in [6.45, 7) is 4.61. The maximum Gasteiger partial charge on any atom is 0.455 e. The molecule has 0 aliphatic rings. The van der Waals surface area contributed by atoms with Gasteiger partial charge in [0.25, 0.3) is 0 Å². The molecule has 1 aromatic rings. The molecule has 0 radical (unpaired) electrons. The second-order valence-corrected chi connectivity index (χ2v) is 5.96. The number of aryl methyl sites for hydroxylation is 2. The Kier molecular flexibility index (Phi) is 5.52. The number of aliphatic hydroxyl groups is 1. The van der Waals surface area contributed by atoms with Gasteiger partial charge in [-0.15, -0.1) is 0 Å². The molecule has 1 aromatic carbocycles. The zero-order valence-corrected chi connectivity index (χ0v) is 13.9. The normalized spacial score (nSPS) is 16.9. The fraction of sp³-hybridized carbons (Fsp3) is 0.600. The molecular weight excluding hydrogens is 338 g/mol. The number of nitrogens with zero attached hydrogens (tertiary/aromatic N) is 1. The number of alkyl halides is 6. The van der Waals surface area contributed by atoms with E-state index in [-0.39, 0.29) is 17.3 Å². The van der Waals surface area contributed by atoms with Crippen LogP contribution in [0, 0.1) is 13.8 Å². The van der Waals surface area contributed by atoms with Crippen LogP contribution in [0.5, 0.6) is 0 Å². The molecule has 24 heavy (non-hydrogen) atoms. The number of halogens is 6. The van der Waals surface area contributed by atoms with Crippen LogP contribution in [0.1, 0.15) is 23.6 Å². The van der Waals surface area contributed by atoms with Gasteiger partial charge in [-0.1, -0.05) is 0 Å². The van der Waals surface area contributed by atoms with Crippen molar-refractivity contribution in [3.8, 4) is 0 Å². The van der Waals surface area contributed by atoms with Gasteiger partial charge < -0.3 is 10.4 Å². The monoisotopic (exact) mass is 358 g/mol. The zero-order valence-electron chi connectivity index (χ0n) is 13.9. The molecule has 138 valence electrons. The Bertz CT molecular complexity index is 575. The van der Waals surface area contributed by atoms with Crippen LogP contribution in [0.2, 0.25) is 0 Å². The summed E-state index contributed by atoms with van der Waals surface area (Å²) in [7, 11) is 3.55. The average Bonchev–Trinajstić information content (AvgIpc) is 2.40. The first kappa shape index (κ1) is 20.6. The molecule has 9 heteroatoms. The van der Waals surface area contributed by atoms with Gasteiger partial charge in [-0.2, -0.15) is 26.3 Å². The van der Waals surface area contributed by atoms with Crippen LogP contribution in [0.25, 0.3) is 0 Å². The number of hydrogen-bond acceptors (Lipinski definition) is 3. The van der Waals surface area contributed by atoms with Crippen LogP contribution in [-0.2, 0) is 5.92 Å². The molecule has 0 amide bonds. The van der Waals surface area contributed by atoms with E-state index < -0.39 is 23.5 Å². The summed E-state index contributed by atoms with van der Waals surface area (Å²) in [4.78, 5) is 1.80. The smallest absolute Gasteiger partial charge is 0.369 e. The summed E-state index contributed by atoms with van der Waals surface area (Å²) in [5.74, 6) is -10.8. The molecule has 0 saturated heterocycles. The van der Waals surface area contributed by atoms with Gasteiger partial charge in [-0.25, -0.2) is 0 Å². The van der Waals surface area contributed by atoms with Crippen molar-refractivity contribution < 1.29 is 31.4 Å². The minimum atomic E-state index is -6.13. The average molecular weight is 358 g/mol. The summed E-state index contributed by atoms with van der Waals surface area (Å²) in [6, 6.07) is 1.46. The summed E-state index contributed by atoms with van der Waals surface area (Å²) in [5.41, 5.74) is -0.388. The quantitative estimate of drug-likeness (QED) is 0.618. The van der Waals surface area contributed by atoms with Crippen LogP contribution in [0.3, 0.4) is 0 Å². The highest BCUT2D eigenvalue weighted by Gasteiger charge is 2.71. The molecule has 0 aromatic heterocycles. The third-order valence-corrected chi connectivity index (χ3v) is 3.81. The van der Waals surface area contributed by atoms with E-state index in [0.717, 1.165) is 12.1 Å². The van der Waals surface area contributed by atoms with Gasteiger partial charge in [0.1, 0.15) is 0 Å². The highest BCUT2D eigenvalue weighted by atomic mass is 19.4.